The Morgan fingerprint density at radius 1 is 1.00 bits per heavy atom. The molecular formula is C16H19NO4S. The molecule has 6 heteroatoms. The van der Waals surface area contributed by atoms with Gasteiger partial charge in [0.05, 0.1) is 19.1 Å². The average Bonchev–Trinajstić information content (AvgIpc) is 2.54. The maximum Gasteiger partial charge on any atom is 0.261 e. The topological polar surface area (TPSA) is 64.6 Å². The fraction of sp³-hybridized carbons (Fsp3) is 0.250. The van der Waals surface area contributed by atoms with Gasteiger partial charge in [0.2, 0.25) is 0 Å². The van der Waals surface area contributed by atoms with Gasteiger partial charge in [-0.3, -0.25) is 4.72 Å². The van der Waals surface area contributed by atoms with E-state index in [-0.39, 0.29) is 4.90 Å². The number of methoxy groups -OCH3 is 2. The number of rotatable bonds is 6. The molecule has 0 amide bonds. The molecule has 0 aliphatic rings. The second-order valence-corrected chi connectivity index (χ2v) is 6.34. The summed E-state index contributed by atoms with van der Waals surface area (Å²) >= 11 is 0. The Bertz CT molecular complexity index is 739. The molecule has 0 aromatic heterocycles. The Labute approximate surface area is 130 Å². The van der Waals surface area contributed by atoms with Gasteiger partial charge >= 0.3 is 0 Å². The van der Waals surface area contributed by atoms with Crippen LogP contribution in [0.25, 0.3) is 0 Å². The number of benzene rings is 2. The zero-order chi connectivity index (χ0) is 16.2. The van der Waals surface area contributed by atoms with Gasteiger partial charge in [-0.25, -0.2) is 8.42 Å². The maximum absolute atomic E-state index is 12.4. The predicted octanol–water partition coefficient (Wildman–Crippen LogP) is 3.07. The molecule has 0 unspecified atom stereocenters. The van der Waals surface area contributed by atoms with E-state index < -0.39 is 10.0 Å². The average molecular weight is 321 g/mol. The molecule has 22 heavy (non-hydrogen) atoms. The highest BCUT2D eigenvalue weighted by Crippen LogP contribution is 2.25. The zero-order valence-electron chi connectivity index (χ0n) is 12.8. The fourth-order valence-electron chi connectivity index (χ4n) is 2.07. The largest absolute Gasteiger partial charge is 0.497 e. The molecule has 2 aromatic rings. The van der Waals surface area contributed by atoms with E-state index in [1.807, 2.05) is 6.92 Å². The van der Waals surface area contributed by atoms with Gasteiger partial charge in [0.1, 0.15) is 11.5 Å². The van der Waals surface area contributed by atoms with E-state index in [2.05, 4.69) is 4.72 Å². The smallest absolute Gasteiger partial charge is 0.261 e. The second-order valence-electron chi connectivity index (χ2n) is 4.66. The van der Waals surface area contributed by atoms with E-state index >= 15 is 0 Å². The second kappa shape index (κ2) is 6.70. The van der Waals surface area contributed by atoms with Crippen LogP contribution in [-0.2, 0) is 16.4 Å². The molecule has 0 heterocycles. The molecule has 118 valence electrons. The number of hydrogen-bond acceptors (Lipinski definition) is 4. The first-order valence-electron chi connectivity index (χ1n) is 6.84. The lowest BCUT2D eigenvalue weighted by molar-refractivity contribution is 0.409. The standard InChI is InChI=1S/C16H19NO4S/c1-4-12-11-15(9-10-16(12)21-3)22(18,19)17-13-5-7-14(20-2)8-6-13/h5-11,17H,4H2,1-3H3. The van der Waals surface area contributed by atoms with Crippen molar-refractivity contribution < 1.29 is 17.9 Å². The Kier molecular flexibility index (Phi) is 4.92. The molecule has 0 bridgehead atoms. The molecule has 5 nitrogen and oxygen atoms in total. The van der Waals surface area contributed by atoms with Gasteiger partial charge in [0.25, 0.3) is 10.0 Å². The van der Waals surface area contributed by atoms with Crippen LogP contribution in [0.1, 0.15) is 12.5 Å². The van der Waals surface area contributed by atoms with E-state index in [0.717, 1.165) is 5.56 Å². The monoisotopic (exact) mass is 321 g/mol. The number of aryl methyl sites for hydroxylation is 1. The van der Waals surface area contributed by atoms with Crippen molar-refractivity contribution >= 4 is 15.7 Å². The Balaban J connectivity index is 2.29. The van der Waals surface area contributed by atoms with Crippen LogP contribution < -0.4 is 14.2 Å². The summed E-state index contributed by atoms with van der Waals surface area (Å²) in [5.41, 5.74) is 1.33. The van der Waals surface area contributed by atoms with Crippen molar-refractivity contribution in [2.24, 2.45) is 0 Å². The molecule has 0 aliphatic heterocycles. The summed E-state index contributed by atoms with van der Waals surface area (Å²) in [6.07, 6.45) is 0.690. The van der Waals surface area contributed by atoms with Crippen molar-refractivity contribution in [2.45, 2.75) is 18.2 Å². The first kappa shape index (κ1) is 16.2. The van der Waals surface area contributed by atoms with E-state index in [4.69, 9.17) is 9.47 Å². The van der Waals surface area contributed by atoms with Crippen molar-refractivity contribution in [2.75, 3.05) is 18.9 Å². The van der Waals surface area contributed by atoms with E-state index in [1.165, 1.54) is 6.07 Å². The van der Waals surface area contributed by atoms with Crippen LogP contribution in [0, 0.1) is 0 Å². The summed E-state index contributed by atoms with van der Waals surface area (Å²) in [6, 6.07) is 11.5. The van der Waals surface area contributed by atoms with Crippen LogP contribution in [0.5, 0.6) is 11.5 Å². The molecule has 2 rings (SSSR count). The number of sulfonamides is 1. The third-order valence-electron chi connectivity index (χ3n) is 3.29. The number of nitrogens with one attached hydrogen (secondary N) is 1. The van der Waals surface area contributed by atoms with Gasteiger partial charge in [-0.05, 0) is 54.4 Å². The van der Waals surface area contributed by atoms with Crippen LogP contribution >= 0.6 is 0 Å². The quantitative estimate of drug-likeness (QED) is 0.888. The molecule has 0 aliphatic carbocycles. The van der Waals surface area contributed by atoms with Crippen LogP contribution in [0.4, 0.5) is 5.69 Å². The van der Waals surface area contributed by atoms with Gasteiger partial charge in [-0.15, -0.1) is 0 Å². The van der Waals surface area contributed by atoms with Crippen molar-refractivity contribution in [3.63, 3.8) is 0 Å². The highest BCUT2D eigenvalue weighted by atomic mass is 32.2. The molecule has 0 saturated carbocycles. The molecule has 1 N–H and O–H groups in total. The number of anilines is 1. The minimum Gasteiger partial charge on any atom is -0.497 e. The van der Waals surface area contributed by atoms with Crippen molar-refractivity contribution in [3.8, 4) is 11.5 Å². The number of hydrogen-bond donors (Lipinski definition) is 1. The lowest BCUT2D eigenvalue weighted by atomic mass is 10.1. The molecule has 0 radical (unpaired) electrons. The summed E-state index contributed by atoms with van der Waals surface area (Å²) in [7, 11) is -0.511. The first-order valence-corrected chi connectivity index (χ1v) is 8.32. The molecule has 2 aromatic carbocycles. The van der Waals surface area contributed by atoms with Gasteiger partial charge in [0, 0.05) is 5.69 Å². The minimum atomic E-state index is -3.64. The zero-order valence-corrected chi connectivity index (χ0v) is 13.6. The third kappa shape index (κ3) is 3.51. The molecule has 0 spiro atoms. The summed E-state index contributed by atoms with van der Waals surface area (Å²) in [5, 5.41) is 0. The lowest BCUT2D eigenvalue weighted by Crippen LogP contribution is -2.13. The summed E-state index contributed by atoms with van der Waals surface area (Å²) < 4.78 is 37.7. The van der Waals surface area contributed by atoms with Crippen molar-refractivity contribution in [3.05, 3.63) is 48.0 Å². The van der Waals surface area contributed by atoms with E-state index in [0.29, 0.717) is 23.6 Å². The van der Waals surface area contributed by atoms with Crippen molar-refractivity contribution in [1.29, 1.82) is 0 Å². The molecular weight excluding hydrogens is 302 g/mol. The van der Waals surface area contributed by atoms with E-state index in [1.54, 1.807) is 50.6 Å². The Hall–Kier alpha value is -2.21. The van der Waals surface area contributed by atoms with Crippen LogP contribution in [-0.4, -0.2) is 22.6 Å². The summed E-state index contributed by atoms with van der Waals surface area (Å²) in [5.74, 6) is 1.35. The van der Waals surface area contributed by atoms with Crippen LogP contribution in [0.15, 0.2) is 47.4 Å². The summed E-state index contributed by atoms with van der Waals surface area (Å²) in [6.45, 7) is 1.95. The molecule has 0 atom stereocenters. The van der Waals surface area contributed by atoms with Gasteiger partial charge in [-0.2, -0.15) is 0 Å². The normalized spacial score (nSPS) is 11.0. The van der Waals surface area contributed by atoms with Crippen LogP contribution in [0.3, 0.4) is 0 Å². The number of ether oxygens (including phenoxy) is 2. The first-order chi connectivity index (χ1) is 10.5. The Morgan fingerprint density at radius 2 is 1.68 bits per heavy atom. The van der Waals surface area contributed by atoms with Gasteiger partial charge in [-0.1, -0.05) is 6.92 Å². The maximum atomic E-state index is 12.4. The predicted molar refractivity (Wildman–Crippen MR) is 86.2 cm³/mol. The highest BCUT2D eigenvalue weighted by Gasteiger charge is 2.16. The SMILES string of the molecule is CCc1cc(S(=O)(=O)Nc2ccc(OC)cc2)ccc1OC. The lowest BCUT2D eigenvalue weighted by Gasteiger charge is -2.12. The van der Waals surface area contributed by atoms with Gasteiger partial charge < -0.3 is 9.47 Å². The third-order valence-corrected chi connectivity index (χ3v) is 4.66. The minimum absolute atomic E-state index is 0.209. The summed E-state index contributed by atoms with van der Waals surface area (Å²) in [4.78, 5) is 0.209. The highest BCUT2D eigenvalue weighted by molar-refractivity contribution is 7.92. The van der Waals surface area contributed by atoms with Gasteiger partial charge in [0.15, 0.2) is 0 Å². The molecule has 0 saturated heterocycles. The molecule has 0 fully saturated rings. The Morgan fingerprint density at radius 3 is 2.23 bits per heavy atom. The van der Waals surface area contributed by atoms with E-state index in [9.17, 15) is 8.42 Å². The van der Waals surface area contributed by atoms with Crippen LogP contribution in [0.2, 0.25) is 0 Å². The van der Waals surface area contributed by atoms with Crippen molar-refractivity contribution in [1.82, 2.24) is 0 Å². The fourth-order valence-corrected chi connectivity index (χ4v) is 3.18.